The first-order chi connectivity index (χ1) is 11.2. The van der Waals surface area contributed by atoms with Gasteiger partial charge in [-0.3, -0.25) is 4.79 Å². The lowest BCUT2D eigenvalue weighted by molar-refractivity contribution is -0.121. The maximum absolute atomic E-state index is 11.7. The largest absolute Gasteiger partial charge is 0.356 e. The van der Waals surface area contributed by atoms with Crippen LogP contribution in [0.2, 0.25) is 0 Å². The highest BCUT2D eigenvalue weighted by Gasteiger charge is 2.26. The molecule has 6 nitrogen and oxygen atoms in total. The van der Waals surface area contributed by atoms with Gasteiger partial charge < -0.3 is 15.1 Å². The summed E-state index contributed by atoms with van der Waals surface area (Å²) in [7, 11) is 2.12. The smallest absolute Gasteiger partial charge is 0.220 e. The Morgan fingerprint density at radius 1 is 1.30 bits per heavy atom. The Balaban J connectivity index is 1.47. The normalized spacial score (nSPS) is 24.0. The van der Waals surface area contributed by atoms with Gasteiger partial charge in [0.15, 0.2) is 0 Å². The van der Waals surface area contributed by atoms with Crippen molar-refractivity contribution in [2.24, 2.45) is 0 Å². The van der Waals surface area contributed by atoms with Crippen molar-refractivity contribution >= 4 is 11.7 Å². The average molecular weight is 317 g/mol. The summed E-state index contributed by atoms with van der Waals surface area (Å²) < 4.78 is 0. The van der Waals surface area contributed by atoms with Crippen molar-refractivity contribution in [3.63, 3.8) is 0 Å². The molecule has 0 spiro atoms. The zero-order valence-electron chi connectivity index (χ0n) is 13.9. The van der Waals surface area contributed by atoms with Crippen LogP contribution >= 0.6 is 0 Å². The lowest BCUT2D eigenvalue weighted by atomic mass is 10.0. The molecule has 0 aliphatic carbocycles. The Morgan fingerprint density at radius 3 is 2.87 bits per heavy atom. The summed E-state index contributed by atoms with van der Waals surface area (Å²) in [5.74, 6) is 1.22. The molecule has 2 fully saturated rings. The molecule has 3 heterocycles. The molecule has 2 saturated heterocycles. The third-order valence-corrected chi connectivity index (χ3v) is 5.08. The molecule has 126 valence electrons. The van der Waals surface area contributed by atoms with E-state index in [1.807, 2.05) is 6.07 Å². The summed E-state index contributed by atoms with van der Waals surface area (Å²) in [6.45, 7) is 3.18. The number of hydrogen-bond acceptors (Lipinski definition) is 5. The summed E-state index contributed by atoms with van der Waals surface area (Å²) in [6.07, 6.45) is 9.69. The monoisotopic (exact) mass is 317 g/mol. The van der Waals surface area contributed by atoms with Gasteiger partial charge in [-0.2, -0.15) is 0 Å². The molecule has 0 bridgehead atoms. The van der Waals surface area contributed by atoms with Crippen LogP contribution in [0.3, 0.4) is 0 Å². The van der Waals surface area contributed by atoms with Crippen molar-refractivity contribution in [3.8, 4) is 0 Å². The molecule has 6 heteroatoms. The van der Waals surface area contributed by atoms with Gasteiger partial charge in [0.2, 0.25) is 5.91 Å². The van der Waals surface area contributed by atoms with E-state index in [2.05, 4.69) is 32.1 Å². The van der Waals surface area contributed by atoms with Crippen molar-refractivity contribution in [1.29, 1.82) is 0 Å². The number of amides is 1. The second kappa shape index (κ2) is 7.73. The Hall–Kier alpha value is -1.69. The van der Waals surface area contributed by atoms with E-state index in [0.29, 0.717) is 18.5 Å². The number of carbonyl (C=O) groups is 1. The van der Waals surface area contributed by atoms with E-state index >= 15 is 0 Å². The van der Waals surface area contributed by atoms with Crippen LogP contribution in [-0.2, 0) is 4.79 Å². The highest BCUT2D eigenvalue weighted by atomic mass is 16.1. The molecule has 0 saturated carbocycles. The third kappa shape index (κ3) is 4.41. The Bertz CT molecular complexity index is 501. The number of carbonyl (C=O) groups excluding carboxylic acids is 1. The predicted molar refractivity (Wildman–Crippen MR) is 90.3 cm³/mol. The molecular formula is C17H27N5O. The van der Waals surface area contributed by atoms with Gasteiger partial charge in [0.1, 0.15) is 12.1 Å². The van der Waals surface area contributed by atoms with Crippen molar-refractivity contribution in [3.05, 3.63) is 18.6 Å². The summed E-state index contributed by atoms with van der Waals surface area (Å²) in [4.78, 5) is 24.8. The molecule has 0 radical (unpaired) electrons. The first-order valence-corrected chi connectivity index (χ1v) is 8.73. The van der Waals surface area contributed by atoms with Crippen LogP contribution in [-0.4, -0.2) is 59.5 Å². The van der Waals surface area contributed by atoms with Crippen LogP contribution in [0.15, 0.2) is 18.6 Å². The molecule has 1 amide bonds. The molecule has 3 rings (SSSR count). The fraction of sp³-hybridized carbons (Fsp3) is 0.706. The number of likely N-dealkylation sites (tertiary alicyclic amines) is 1. The highest BCUT2D eigenvalue weighted by molar-refractivity contribution is 5.76. The second-order valence-corrected chi connectivity index (χ2v) is 6.72. The number of aromatic nitrogens is 2. The summed E-state index contributed by atoms with van der Waals surface area (Å²) in [5.41, 5.74) is 0. The fourth-order valence-corrected chi connectivity index (χ4v) is 3.67. The van der Waals surface area contributed by atoms with Gasteiger partial charge in [-0.1, -0.05) is 6.42 Å². The van der Waals surface area contributed by atoms with Crippen LogP contribution < -0.4 is 10.2 Å². The van der Waals surface area contributed by atoms with Gasteiger partial charge in [-0.15, -0.1) is 0 Å². The number of piperidine rings is 1. The molecule has 1 atom stereocenters. The summed E-state index contributed by atoms with van der Waals surface area (Å²) in [6, 6.07) is 2.83. The van der Waals surface area contributed by atoms with Crippen LogP contribution in [0, 0.1) is 0 Å². The molecular weight excluding hydrogens is 290 g/mol. The van der Waals surface area contributed by atoms with Gasteiger partial charge >= 0.3 is 0 Å². The summed E-state index contributed by atoms with van der Waals surface area (Å²) in [5, 5.41) is 3.18. The van der Waals surface area contributed by atoms with E-state index in [4.69, 9.17) is 0 Å². The minimum absolute atomic E-state index is 0.228. The highest BCUT2D eigenvalue weighted by Crippen LogP contribution is 2.20. The lowest BCUT2D eigenvalue weighted by Crippen LogP contribution is -2.48. The number of anilines is 1. The fourth-order valence-electron chi connectivity index (χ4n) is 3.67. The molecule has 2 aliphatic rings. The standard InChI is InChI=1S/C17H27N5O/c1-21(16-6-9-18-13-19-16)15-7-10-22(11-8-15)12-14-4-2-3-5-17(23)20-14/h6,9,13-15H,2-5,7-8,10-12H2,1H3,(H,20,23). The van der Waals surface area contributed by atoms with E-state index in [9.17, 15) is 4.79 Å². The van der Waals surface area contributed by atoms with Gasteiger partial charge in [-0.25, -0.2) is 9.97 Å². The van der Waals surface area contributed by atoms with E-state index in [-0.39, 0.29) is 5.91 Å². The molecule has 1 aromatic rings. The van der Waals surface area contributed by atoms with Gasteiger partial charge in [0.25, 0.3) is 0 Å². The van der Waals surface area contributed by atoms with E-state index < -0.39 is 0 Å². The number of hydrogen-bond donors (Lipinski definition) is 1. The Kier molecular flexibility index (Phi) is 5.43. The van der Waals surface area contributed by atoms with Crippen molar-refractivity contribution < 1.29 is 4.79 Å². The third-order valence-electron chi connectivity index (χ3n) is 5.08. The lowest BCUT2D eigenvalue weighted by Gasteiger charge is -2.38. The van der Waals surface area contributed by atoms with Gasteiger partial charge in [0.05, 0.1) is 0 Å². The Labute approximate surface area is 138 Å². The molecule has 1 unspecified atom stereocenters. The first-order valence-electron chi connectivity index (χ1n) is 8.73. The van der Waals surface area contributed by atoms with Gasteiger partial charge in [-0.05, 0) is 31.7 Å². The molecule has 0 aromatic carbocycles. The van der Waals surface area contributed by atoms with Crippen LogP contribution in [0.5, 0.6) is 0 Å². The molecule has 2 aliphatic heterocycles. The Morgan fingerprint density at radius 2 is 2.13 bits per heavy atom. The molecule has 1 N–H and O–H groups in total. The quantitative estimate of drug-likeness (QED) is 0.910. The number of rotatable bonds is 4. The van der Waals surface area contributed by atoms with E-state index in [1.54, 1.807) is 12.5 Å². The predicted octanol–water partition coefficient (Wildman–Crippen LogP) is 1.44. The van der Waals surface area contributed by atoms with Crippen molar-refractivity contribution in [2.75, 3.05) is 31.6 Å². The number of nitrogens with zero attached hydrogens (tertiary/aromatic N) is 4. The first kappa shape index (κ1) is 16.2. The van der Waals surface area contributed by atoms with E-state index in [1.165, 1.54) is 0 Å². The number of nitrogens with one attached hydrogen (secondary N) is 1. The second-order valence-electron chi connectivity index (χ2n) is 6.72. The van der Waals surface area contributed by atoms with Crippen molar-refractivity contribution in [2.45, 2.75) is 50.6 Å². The van der Waals surface area contributed by atoms with Gasteiger partial charge in [0, 0.05) is 51.4 Å². The maximum Gasteiger partial charge on any atom is 0.220 e. The van der Waals surface area contributed by atoms with Crippen LogP contribution in [0.1, 0.15) is 38.5 Å². The van der Waals surface area contributed by atoms with E-state index in [0.717, 1.165) is 57.6 Å². The SMILES string of the molecule is CN(c1ccncn1)C1CCN(CC2CCCCC(=O)N2)CC1. The molecule has 1 aromatic heterocycles. The minimum atomic E-state index is 0.228. The zero-order chi connectivity index (χ0) is 16.1. The van der Waals surface area contributed by atoms with Crippen molar-refractivity contribution in [1.82, 2.24) is 20.2 Å². The summed E-state index contributed by atoms with van der Waals surface area (Å²) >= 11 is 0. The zero-order valence-corrected chi connectivity index (χ0v) is 13.9. The van der Waals surface area contributed by atoms with Crippen LogP contribution in [0.25, 0.3) is 0 Å². The topological polar surface area (TPSA) is 61.4 Å². The maximum atomic E-state index is 11.7. The average Bonchev–Trinajstić information content (AvgIpc) is 2.79. The van der Waals surface area contributed by atoms with Crippen LogP contribution in [0.4, 0.5) is 5.82 Å². The minimum Gasteiger partial charge on any atom is -0.356 e. The molecule has 23 heavy (non-hydrogen) atoms.